The number of fused-ring (bicyclic) bond motifs is 1. The maximum atomic E-state index is 14.2. The molecule has 2 aliphatic carbocycles. The number of rotatable bonds is 5. The molecule has 2 heterocycles. The Kier molecular flexibility index (Phi) is 6.21. The van der Waals surface area contributed by atoms with Gasteiger partial charge < -0.3 is 21.0 Å². The zero-order valence-corrected chi connectivity index (χ0v) is 16.4. The van der Waals surface area contributed by atoms with Crippen LogP contribution in [0.2, 0.25) is 0 Å². The fourth-order valence-corrected chi connectivity index (χ4v) is 4.21. The third-order valence-corrected chi connectivity index (χ3v) is 5.87. The molecule has 0 aromatic rings. The first-order valence-electron chi connectivity index (χ1n) is 10.0. The van der Waals surface area contributed by atoms with Crippen molar-refractivity contribution in [2.24, 2.45) is 26.8 Å². The van der Waals surface area contributed by atoms with Crippen LogP contribution in [0.5, 0.6) is 0 Å². The highest BCUT2D eigenvalue weighted by atomic mass is 19.1. The zero-order valence-electron chi connectivity index (χ0n) is 16.4. The third-order valence-electron chi connectivity index (χ3n) is 5.87. The number of hydrazine groups is 1. The maximum Gasteiger partial charge on any atom is 0.240 e. The summed E-state index contributed by atoms with van der Waals surface area (Å²) in [6.45, 7) is -0.595. The number of alkyl halides is 1. The van der Waals surface area contributed by atoms with E-state index in [1.54, 1.807) is 0 Å². The number of hydrogen-bond acceptors (Lipinski definition) is 7. The van der Waals surface area contributed by atoms with E-state index in [1.165, 1.54) is 6.34 Å². The van der Waals surface area contributed by atoms with Gasteiger partial charge in [0.15, 0.2) is 0 Å². The van der Waals surface area contributed by atoms with Crippen molar-refractivity contribution in [1.29, 1.82) is 0 Å². The molecule has 0 spiro atoms. The summed E-state index contributed by atoms with van der Waals surface area (Å²) in [7, 11) is 0. The lowest BCUT2D eigenvalue weighted by molar-refractivity contribution is -0.124. The van der Waals surface area contributed by atoms with Crippen LogP contribution >= 0.6 is 0 Å². The number of amidine groups is 2. The number of hydrogen-bond donors (Lipinski definition) is 5. The van der Waals surface area contributed by atoms with Gasteiger partial charge in [0.25, 0.3) is 0 Å². The fourth-order valence-electron chi connectivity index (χ4n) is 4.21. The first kappa shape index (κ1) is 21.7. The van der Waals surface area contributed by atoms with E-state index in [2.05, 4.69) is 31.1 Å². The summed E-state index contributed by atoms with van der Waals surface area (Å²) >= 11 is 0. The topological polar surface area (TPSA) is 131 Å². The molecule has 7 atom stereocenters. The van der Waals surface area contributed by atoms with E-state index in [-0.39, 0.29) is 25.1 Å². The van der Waals surface area contributed by atoms with Crippen LogP contribution in [0.15, 0.2) is 38.8 Å². The molecule has 0 radical (unpaired) electrons. The summed E-state index contributed by atoms with van der Waals surface area (Å²) in [5, 5.41) is 22.2. The number of halogens is 3. The van der Waals surface area contributed by atoms with Crippen LogP contribution in [0.3, 0.4) is 0 Å². The SMILES string of the molecule is O=C(N[C@H](CO)C1CC(F)=CC=C1F)C1NNC2=NC=NC(=N[C@@H]3C[C@@H](F)C[C@H]3O)C21. The molecule has 2 aliphatic heterocycles. The van der Waals surface area contributed by atoms with Crippen LogP contribution in [0.4, 0.5) is 13.2 Å². The van der Waals surface area contributed by atoms with Gasteiger partial charge in [-0.3, -0.25) is 9.79 Å². The lowest BCUT2D eigenvalue weighted by atomic mass is 9.90. The molecule has 1 saturated carbocycles. The predicted octanol–water partition coefficient (Wildman–Crippen LogP) is -0.0169. The first-order valence-corrected chi connectivity index (χ1v) is 10.0. The standard InChI is InChI=1S/C19H23F3N6O3/c20-8-1-2-11(22)10(3-8)13(6-29)26-19(31)16-15-17(23-7-24-18(15)28-27-16)25-12-4-9(21)5-14(12)30/h1-2,7,9-10,12-16,27,29-30H,3-6H2,(H,26,31)(H,23,24,25,28)/t9-,10?,12-,13-,14-,15?,16?/m1/s1. The van der Waals surface area contributed by atoms with Crippen LogP contribution in [0, 0.1) is 11.8 Å². The highest BCUT2D eigenvalue weighted by Crippen LogP contribution is 2.30. The molecule has 1 amide bonds. The third kappa shape index (κ3) is 4.41. The van der Waals surface area contributed by atoms with Crippen LogP contribution in [0.25, 0.3) is 0 Å². The minimum absolute atomic E-state index is 0.0131. The molecule has 4 rings (SSSR count). The van der Waals surface area contributed by atoms with E-state index < -0.39 is 66.4 Å². The number of nitrogens with zero attached hydrogens (tertiary/aromatic N) is 3. The van der Waals surface area contributed by atoms with E-state index in [9.17, 15) is 28.2 Å². The van der Waals surface area contributed by atoms with Gasteiger partial charge >= 0.3 is 0 Å². The Bertz CT molecular complexity index is 889. The van der Waals surface area contributed by atoms with Gasteiger partial charge in [-0.15, -0.1) is 0 Å². The summed E-state index contributed by atoms with van der Waals surface area (Å²) in [5.74, 6) is -3.03. The van der Waals surface area contributed by atoms with Crippen molar-refractivity contribution in [3.8, 4) is 0 Å². The molecule has 0 bridgehead atoms. The van der Waals surface area contributed by atoms with Crippen molar-refractivity contribution in [1.82, 2.24) is 16.2 Å². The molecule has 168 valence electrons. The molecule has 4 aliphatic rings. The Morgan fingerprint density at radius 2 is 2.16 bits per heavy atom. The smallest absolute Gasteiger partial charge is 0.240 e. The summed E-state index contributed by atoms with van der Waals surface area (Å²) in [6.07, 6.45) is 0.874. The number of allylic oxidation sites excluding steroid dienone is 3. The molecule has 0 aromatic heterocycles. The van der Waals surface area contributed by atoms with E-state index >= 15 is 0 Å². The second-order valence-corrected chi connectivity index (χ2v) is 7.95. The largest absolute Gasteiger partial charge is 0.394 e. The maximum absolute atomic E-state index is 14.2. The van der Waals surface area contributed by atoms with Gasteiger partial charge in [-0.2, -0.15) is 0 Å². The monoisotopic (exact) mass is 440 g/mol. The van der Waals surface area contributed by atoms with Gasteiger partial charge in [0, 0.05) is 25.2 Å². The van der Waals surface area contributed by atoms with Crippen molar-refractivity contribution in [2.75, 3.05) is 6.61 Å². The normalized spacial score (nSPS) is 36.9. The number of carbonyl (C=O) groups is 1. The van der Waals surface area contributed by atoms with Gasteiger partial charge in [-0.25, -0.2) is 28.6 Å². The van der Waals surface area contributed by atoms with Gasteiger partial charge in [0.2, 0.25) is 5.91 Å². The van der Waals surface area contributed by atoms with Crippen LogP contribution < -0.4 is 16.2 Å². The number of aliphatic hydroxyl groups is 2. The Morgan fingerprint density at radius 3 is 2.87 bits per heavy atom. The molecule has 9 nitrogen and oxygen atoms in total. The van der Waals surface area contributed by atoms with E-state index in [0.29, 0.717) is 5.84 Å². The van der Waals surface area contributed by atoms with Crippen LogP contribution in [-0.4, -0.2) is 71.1 Å². The highest BCUT2D eigenvalue weighted by molar-refractivity contribution is 6.17. The summed E-state index contributed by atoms with van der Waals surface area (Å²) in [5.41, 5.74) is 5.52. The van der Waals surface area contributed by atoms with Crippen LogP contribution in [-0.2, 0) is 4.79 Å². The van der Waals surface area contributed by atoms with Crippen molar-refractivity contribution in [3.63, 3.8) is 0 Å². The minimum Gasteiger partial charge on any atom is -0.394 e. The molecule has 2 fully saturated rings. The average Bonchev–Trinajstić information content (AvgIpc) is 3.31. The lowest BCUT2D eigenvalue weighted by Gasteiger charge is -2.28. The Balaban J connectivity index is 1.50. The number of aliphatic hydroxyl groups excluding tert-OH is 2. The minimum atomic E-state index is -1.16. The van der Waals surface area contributed by atoms with Gasteiger partial charge in [-0.05, 0) is 12.2 Å². The highest BCUT2D eigenvalue weighted by Gasteiger charge is 2.44. The van der Waals surface area contributed by atoms with Crippen LogP contribution in [0.1, 0.15) is 19.3 Å². The lowest BCUT2D eigenvalue weighted by Crippen LogP contribution is -2.53. The Hall–Kier alpha value is -2.57. The molecular formula is C19H23F3N6O3. The molecule has 1 saturated heterocycles. The Morgan fingerprint density at radius 1 is 1.35 bits per heavy atom. The van der Waals surface area contributed by atoms with Crippen molar-refractivity contribution in [2.45, 2.75) is 49.7 Å². The number of carbonyl (C=O) groups excluding carboxylic acids is 1. The molecular weight excluding hydrogens is 417 g/mol. The van der Waals surface area contributed by atoms with Gasteiger partial charge in [0.1, 0.15) is 47.8 Å². The second-order valence-electron chi connectivity index (χ2n) is 7.95. The van der Waals surface area contributed by atoms with Gasteiger partial charge in [0.05, 0.1) is 24.8 Å². The molecule has 31 heavy (non-hydrogen) atoms. The van der Waals surface area contributed by atoms with Crippen molar-refractivity contribution >= 4 is 23.9 Å². The van der Waals surface area contributed by atoms with Gasteiger partial charge in [-0.1, -0.05) is 0 Å². The van der Waals surface area contributed by atoms with Crippen molar-refractivity contribution < 1.29 is 28.2 Å². The number of aliphatic imine (C=N–C) groups is 3. The Labute approximate surface area is 175 Å². The number of nitrogens with one attached hydrogen (secondary N) is 3. The van der Waals surface area contributed by atoms with E-state index in [4.69, 9.17) is 0 Å². The summed E-state index contributed by atoms with van der Waals surface area (Å²) in [4.78, 5) is 25.5. The molecule has 0 aromatic carbocycles. The second kappa shape index (κ2) is 8.89. The summed E-state index contributed by atoms with van der Waals surface area (Å²) in [6, 6.07) is -2.71. The first-order chi connectivity index (χ1) is 14.9. The quantitative estimate of drug-likeness (QED) is 0.410. The van der Waals surface area contributed by atoms with E-state index in [0.717, 1.165) is 12.2 Å². The average molecular weight is 440 g/mol. The molecule has 5 N–H and O–H groups in total. The summed E-state index contributed by atoms with van der Waals surface area (Å²) < 4.78 is 41.4. The van der Waals surface area contributed by atoms with E-state index in [1.807, 2.05) is 0 Å². The fraction of sp³-hybridized carbons (Fsp3) is 0.579. The molecule has 3 unspecified atom stereocenters. The van der Waals surface area contributed by atoms with Crippen molar-refractivity contribution in [3.05, 3.63) is 23.8 Å². The zero-order chi connectivity index (χ0) is 22.1. The predicted molar refractivity (Wildman–Crippen MR) is 106 cm³/mol. The molecule has 12 heteroatoms. The number of amides is 1.